The van der Waals surface area contributed by atoms with Crippen molar-refractivity contribution in [3.05, 3.63) is 74.5 Å². The second kappa shape index (κ2) is 9.35. The Kier molecular flexibility index (Phi) is 6.53. The number of aliphatic imine (C=N–C) groups is 1. The maximum absolute atomic E-state index is 13.5. The van der Waals surface area contributed by atoms with Crippen LogP contribution in [-0.4, -0.2) is 54.8 Å². The average Bonchev–Trinajstić information content (AvgIpc) is 2.79. The number of hydrogen-bond acceptors (Lipinski definition) is 5. The predicted molar refractivity (Wildman–Crippen MR) is 129 cm³/mol. The zero-order valence-electron chi connectivity index (χ0n) is 18.6. The summed E-state index contributed by atoms with van der Waals surface area (Å²) in [7, 11) is 5.71. The van der Waals surface area contributed by atoms with Crippen LogP contribution in [0, 0.1) is 0 Å². The van der Waals surface area contributed by atoms with Gasteiger partial charge >= 0.3 is 0 Å². The maximum Gasteiger partial charge on any atom is 0.199 e. The Bertz CT molecular complexity index is 1220. The van der Waals surface area contributed by atoms with E-state index in [1.165, 1.54) is 0 Å². The lowest BCUT2D eigenvalue weighted by Crippen LogP contribution is -2.31. The van der Waals surface area contributed by atoms with Crippen molar-refractivity contribution in [3.63, 3.8) is 0 Å². The van der Waals surface area contributed by atoms with Crippen LogP contribution >= 0.6 is 11.6 Å². The summed E-state index contributed by atoms with van der Waals surface area (Å²) in [5.41, 5.74) is 3.32. The summed E-state index contributed by atoms with van der Waals surface area (Å²) in [5, 5.41) is 11.9. The lowest BCUT2D eigenvalue weighted by Gasteiger charge is -2.28. The third kappa shape index (κ3) is 4.38. The van der Waals surface area contributed by atoms with Gasteiger partial charge in [0.25, 0.3) is 0 Å². The largest absolute Gasteiger partial charge is 0.497 e. The van der Waals surface area contributed by atoms with E-state index in [0.29, 0.717) is 46.6 Å². The number of nitrogens with zero attached hydrogens (tertiary/aromatic N) is 3. The first-order valence-electron chi connectivity index (χ1n) is 10.8. The van der Waals surface area contributed by atoms with Gasteiger partial charge in [-0.15, -0.1) is 0 Å². The SMILES string of the molecule is COc1ccc(C2CC(=NCCCN(C)C)c3c(n(O)c4ccc(Cl)cc4c3=O)C2)cc1. The minimum Gasteiger partial charge on any atom is -0.497 e. The Hall–Kier alpha value is -2.83. The van der Waals surface area contributed by atoms with Crippen LogP contribution in [0.5, 0.6) is 5.75 Å². The van der Waals surface area contributed by atoms with Crippen molar-refractivity contribution in [2.45, 2.75) is 25.2 Å². The first-order valence-corrected chi connectivity index (χ1v) is 11.2. The van der Waals surface area contributed by atoms with Crippen molar-refractivity contribution in [1.82, 2.24) is 9.63 Å². The first kappa shape index (κ1) is 22.4. The second-order valence-electron chi connectivity index (χ2n) is 8.49. The fourth-order valence-corrected chi connectivity index (χ4v) is 4.55. The van der Waals surface area contributed by atoms with Gasteiger partial charge in [0.1, 0.15) is 5.75 Å². The first-order chi connectivity index (χ1) is 15.4. The molecule has 1 heterocycles. The van der Waals surface area contributed by atoms with E-state index in [0.717, 1.165) is 34.7 Å². The molecule has 1 aliphatic carbocycles. The molecule has 6 nitrogen and oxygen atoms in total. The van der Waals surface area contributed by atoms with Gasteiger partial charge in [-0.2, -0.15) is 4.73 Å². The average molecular weight is 454 g/mol. The van der Waals surface area contributed by atoms with Crippen molar-refractivity contribution in [2.24, 2.45) is 4.99 Å². The molecule has 0 spiro atoms. The molecule has 0 fully saturated rings. The highest BCUT2D eigenvalue weighted by atomic mass is 35.5. The number of rotatable bonds is 6. The van der Waals surface area contributed by atoms with Crippen LogP contribution in [0.1, 0.15) is 35.6 Å². The molecule has 1 aromatic heterocycles. The van der Waals surface area contributed by atoms with Crippen LogP contribution in [-0.2, 0) is 6.42 Å². The van der Waals surface area contributed by atoms with Crippen LogP contribution in [0.25, 0.3) is 10.9 Å². The van der Waals surface area contributed by atoms with Crippen molar-refractivity contribution in [2.75, 3.05) is 34.3 Å². The molecular formula is C25H28ClN3O3. The number of methoxy groups -OCH3 is 1. The monoisotopic (exact) mass is 453 g/mol. The summed E-state index contributed by atoms with van der Waals surface area (Å²) in [6.07, 6.45) is 2.08. The molecule has 4 rings (SSSR count). The summed E-state index contributed by atoms with van der Waals surface area (Å²) in [4.78, 5) is 20.4. The van der Waals surface area contributed by atoms with Gasteiger partial charge in [0.2, 0.25) is 0 Å². The van der Waals surface area contributed by atoms with Gasteiger partial charge in [0.15, 0.2) is 5.43 Å². The Balaban J connectivity index is 1.82. The van der Waals surface area contributed by atoms with E-state index in [2.05, 4.69) is 4.90 Å². The molecule has 7 heteroatoms. The molecule has 3 aromatic rings. The number of halogens is 1. The normalized spacial score (nSPS) is 17.2. The number of ether oxygens (including phenoxy) is 1. The van der Waals surface area contributed by atoms with Gasteiger partial charge in [0, 0.05) is 17.3 Å². The molecule has 0 saturated carbocycles. The van der Waals surface area contributed by atoms with Gasteiger partial charge in [-0.05, 0) is 81.7 Å². The van der Waals surface area contributed by atoms with Crippen LogP contribution < -0.4 is 10.2 Å². The van der Waals surface area contributed by atoms with Crippen molar-refractivity contribution in [3.8, 4) is 5.75 Å². The van der Waals surface area contributed by atoms with Crippen LogP contribution in [0.15, 0.2) is 52.3 Å². The smallest absolute Gasteiger partial charge is 0.199 e. The summed E-state index contributed by atoms with van der Waals surface area (Å²) in [6, 6.07) is 12.9. The van der Waals surface area contributed by atoms with E-state index < -0.39 is 0 Å². The van der Waals surface area contributed by atoms with Gasteiger partial charge in [-0.3, -0.25) is 9.79 Å². The Labute approximate surface area is 192 Å². The number of hydrogen-bond donors (Lipinski definition) is 1. The lowest BCUT2D eigenvalue weighted by atomic mass is 9.80. The van der Waals surface area contributed by atoms with E-state index in [-0.39, 0.29) is 11.3 Å². The maximum atomic E-state index is 13.5. The topological polar surface area (TPSA) is 67.1 Å². The highest BCUT2D eigenvalue weighted by Gasteiger charge is 2.31. The van der Waals surface area contributed by atoms with Crippen LogP contribution in [0.3, 0.4) is 0 Å². The van der Waals surface area contributed by atoms with E-state index in [9.17, 15) is 10.0 Å². The zero-order valence-corrected chi connectivity index (χ0v) is 19.4. The number of aromatic nitrogens is 1. The Morgan fingerprint density at radius 1 is 1.19 bits per heavy atom. The minimum atomic E-state index is -0.123. The molecule has 2 aromatic carbocycles. The van der Waals surface area contributed by atoms with E-state index in [1.807, 2.05) is 38.4 Å². The Morgan fingerprint density at radius 2 is 1.94 bits per heavy atom. The fraction of sp³-hybridized carbons (Fsp3) is 0.360. The van der Waals surface area contributed by atoms with E-state index in [1.54, 1.807) is 25.3 Å². The molecule has 0 radical (unpaired) electrons. The molecular weight excluding hydrogens is 426 g/mol. The van der Waals surface area contributed by atoms with Crippen LogP contribution in [0.4, 0.5) is 0 Å². The molecule has 1 atom stereocenters. The quantitative estimate of drug-likeness (QED) is 0.444. The minimum absolute atomic E-state index is 0.101. The zero-order chi connectivity index (χ0) is 22.8. The molecule has 0 amide bonds. The van der Waals surface area contributed by atoms with Gasteiger partial charge in [-0.25, -0.2) is 0 Å². The molecule has 1 aliphatic rings. The van der Waals surface area contributed by atoms with Crippen molar-refractivity contribution in [1.29, 1.82) is 0 Å². The second-order valence-corrected chi connectivity index (χ2v) is 8.92. The highest BCUT2D eigenvalue weighted by molar-refractivity contribution is 6.31. The molecule has 0 aliphatic heterocycles. The number of pyridine rings is 1. The predicted octanol–water partition coefficient (Wildman–Crippen LogP) is 4.37. The summed E-state index contributed by atoms with van der Waals surface area (Å²) >= 11 is 6.15. The van der Waals surface area contributed by atoms with Gasteiger partial charge in [-0.1, -0.05) is 23.7 Å². The molecule has 168 valence electrons. The summed E-state index contributed by atoms with van der Waals surface area (Å²) in [5.74, 6) is 0.896. The lowest BCUT2D eigenvalue weighted by molar-refractivity contribution is 0.186. The van der Waals surface area contributed by atoms with E-state index in [4.69, 9.17) is 21.3 Å². The third-order valence-electron chi connectivity index (χ3n) is 6.02. The number of fused-ring (bicyclic) bond motifs is 2. The summed E-state index contributed by atoms with van der Waals surface area (Å²) < 4.78 is 6.43. The standard InChI is InChI=1S/C25H28ClN3O3/c1-28(2)12-4-11-27-21-13-17(16-5-8-19(32-3)9-6-16)14-23-24(21)25(30)20-15-18(26)7-10-22(20)29(23)31/h5-10,15,17,31H,4,11-14H2,1-3H3. The van der Waals surface area contributed by atoms with Crippen LogP contribution in [0.2, 0.25) is 5.02 Å². The molecule has 1 unspecified atom stereocenters. The molecule has 0 bridgehead atoms. The van der Waals surface area contributed by atoms with E-state index >= 15 is 0 Å². The molecule has 0 saturated heterocycles. The van der Waals surface area contributed by atoms with Gasteiger partial charge in [0.05, 0.1) is 29.3 Å². The van der Waals surface area contributed by atoms with Crippen molar-refractivity contribution < 1.29 is 9.94 Å². The van der Waals surface area contributed by atoms with Gasteiger partial charge < -0.3 is 14.8 Å². The molecule has 1 N–H and O–H groups in total. The fourth-order valence-electron chi connectivity index (χ4n) is 4.38. The summed E-state index contributed by atoms with van der Waals surface area (Å²) in [6.45, 7) is 1.55. The highest BCUT2D eigenvalue weighted by Crippen LogP contribution is 2.34. The third-order valence-corrected chi connectivity index (χ3v) is 6.26. The molecule has 32 heavy (non-hydrogen) atoms. The Morgan fingerprint density at radius 3 is 2.62 bits per heavy atom. The number of benzene rings is 2. The van der Waals surface area contributed by atoms with Crippen molar-refractivity contribution >= 4 is 28.2 Å².